The molecule has 1 aromatic carbocycles. The van der Waals surface area contributed by atoms with Gasteiger partial charge in [-0.3, -0.25) is 14.8 Å². The van der Waals surface area contributed by atoms with Gasteiger partial charge in [0.25, 0.3) is 5.56 Å². The minimum Gasteiger partial charge on any atom is -0.494 e. The lowest BCUT2D eigenvalue weighted by Crippen LogP contribution is -2.25. The number of aromatic amines is 2. The van der Waals surface area contributed by atoms with Gasteiger partial charge < -0.3 is 14.9 Å². The molecular weight excluding hydrogens is 264 g/mol. The van der Waals surface area contributed by atoms with Crippen molar-refractivity contribution in [2.24, 2.45) is 0 Å². The first-order valence-corrected chi connectivity index (χ1v) is 5.97. The topological polar surface area (TPSA) is 115 Å². The van der Waals surface area contributed by atoms with E-state index < -0.39 is 17.1 Å². The second-order valence-corrected chi connectivity index (χ2v) is 4.13. The molecule has 0 amide bonds. The number of benzene rings is 1. The lowest BCUT2D eigenvalue weighted by Gasteiger charge is -2.06. The summed E-state index contributed by atoms with van der Waals surface area (Å²) in [6.07, 6.45) is 0.179. The lowest BCUT2D eigenvalue weighted by atomic mass is 10.1. The molecule has 1 aromatic heterocycles. The summed E-state index contributed by atoms with van der Waals surface area (Å²) in [5.41, 5.74) is -0.501. The van der Waals surface area contributed by atoms with E-state index in [-0.39, 0.29) is 25.2 Å². The molecule has 0 atom stereocenters. The summed E-state index contributed by atoms with van der Waals surface area (Å²) >= 11 is 0. The first-order chi connectivity index (χ1) is 9.60. The Labute approximate surface area is 113 Å². The highest BCUT2D eigenvalue weighted by Crippen LogP contribution is 2.16. The normalized spacial score (nSPS) is 10.4. The second-order valence-electron chi connectivity index (χ2n) is 4.13. The minimum absolute atomic E-state index is 0.0671. The van der Waals surface area contributed by atoms with Crippen molar-refractivity contribution in [2.75, 3.05) is 13.2 Å². The maximum Gasteiger partial charge on any atom is 0.328 e. The van der Waals surface area contributed by atoms with Gasteiger partial charge in [0.2, 0.25) is 5.88 Å². The molecule has 0 fully saturated rings. The van der Waals surface area contributed by atoms with Crippen LogP contribution in [0.25, 0.3) is 0 Å². The highest BCUT2D eigenvalue weighted by Gasteiger charge is 2.09. The van der Waals surface area contributed by atoms with Gasteiger partial charge in [0, 0.05) is 6.42 Å². The molecule has 0 aliphatic carbocycles. The van der Waals surface area contributed by atoms with Gasteiger partial charge in [-0.2, -0.15) is 0 Å². The molecular formula is C13H14N2O5. The molecule has 1 heterocycles. The second kappa shape index (κ2) is 6.07. The summed E-state index contributed by atoms with van der Waals surface area (Å²) in [5, 5.41) is 18.2. The van der Waals surface area contributed by atoms with Crippen LogP contribution in [0.2, 0.25) is 0 Å². The maximum atomic E-state index is 11.6. The molecule has 0 saturated carbocycles. The molecule has 20 heavy (non-hydrogen) atoms. The number of aliphatic hydroxyl groups excluding tert-OH is 1. The summed E-state index contributed by atoms with van der Waals surface area (Å²) in [7, 11) is 0. The maximum absolute atomic E-state index is 11.6. The van der Waals surface area contributed by atoms with Gasteiger partial charge in [-0.25, -0.2) is 4.79 Å². The Hall–Kier alpha value is -2.54. The Morgan fingerprint density at radius 3 is 2.40 bits per heavy atom. The van der Waals surface area contributed by atoms with Gasteiger partial charge in [-0.1, -0.05) is 12.1 Å². The van der Waals surface area contributed by atoms with Crippen molar-refractivity contribution >= 4 is 0 Å². The average molecular weight is 278 g/mol. The SMILES string of the molecule is O=c1[nH]c(O)c(Cc2ccc(OCCO)cc2)c(=O)[nH]1. The molecule has 7 heteroatoms. The van der Waals surface area contributed by atoms with Crippen LogP contribution in [-0.2, 0) is 6.42 Å². The van der Waals surface area contributed by atoms with Crippen LogP contribution in [-0.4, -0.2) is 33.4 Å². The van der Waals surface area contributed by atoms with Crippen molar-refractivity contribution in [3.05, 3.63) is 56.2 Å². The van der Waals surface area contributed by atoms with Crippen LogP contribution in [0.1, 0.15) is 11.1 Å². The van der Waals surface area contributed by atoms with Gasteiger partial charge in [-0.05, 0) is 17.7 Å². The molecule has 4 N–H and O–H groups in total. The van der Waals surface area contributed by atoms with Gasteiger partial charge in [-0.15, -0.1) is 0 Å². The van der Waals surface area contributed by atoms with Crippen molar-refractivity contribution in [2.45, 2.75) is 6.42 Å². The fraction of sp³-hybridized carbons (Fsp3) is 0.231. The van der Waals surface area contributed by atoms with Crippen LogP contribution in [0.15, 0.2) is 33.9 Å². The third kappa shape index (κ3) is 3.27. The Morgan fingerprint density at radius 1 is 1.10 bits per heavy atom. The molecule has 0 aliphatic rings. The highest BCUT2D eigenvalue weighted by atomic mass is 16.5. The van der Waals surface area contributed by atoms with E-state index in [9.17, 15) is 14.7 Å². The summed E-state index contributed by atoms with van der Waals surface area (Å²) in [4.78, 5) is 26.7. The van der Waals surface area contributed by atoms with E-state index in [0.717, 1.165) is 5.56 Å². The lowest BCUT2D eigenvalue weighted by molar-refractivity contribution is 0.201. The van der Waals surface area contributed by atoms with Crippen molar-refractivity contribution < 1.29 is 14.9 Å². The molecule has 0 radical (unpaired) electrons. The van der Waals surface area contributed by atoms with Gasteiger partial charge >= 0.3 is 5.69 Å². The molecule has 0 aliphatic heterocycles. The first kappa shape index (κ1) is 13.9. The summed E-state index contributed by atoms with van der Waals surface area (Å²) in [5.74, 6) is 0.168. The van der Waals surface area contributed by atoms with Crippen LogP contribution >= 0.6 is 0 Å². The van der Waals surface area contributed by atoms with E-state index in [1.807, 2.05) is 0 Å². The Kier molecular flexibility index (Phi) is 4.21. The number of aliphatic hydroxyl groups is 1. The summed E-state index contributed by atoms with van der Waals surface area (Å²) in [6.45, 7) is 0.141. The van der Waals surface area contributed by atoms with E-state index in [0.29, 0.717) is 5.75 Å². The molecule has 0 saturated heterocycles. The molecule has 0 unspecified atom stereocenters. The van der Waals surface area contributed by atoms with Crippen molar-refractivity contribution in [1.82, 2.24) is 9.97 Å². The number of nitrogens with one attached hydrogen (secondary N) is 2. The standard InChI is InChI=1S/C13H14N2O5/c16-5-6-20-9-3-1-8(2-4-9)7-10-11(17)14-13(19)15-12(10)18/h1-4,16H,5-7H2,(H3,14,15,17,18,19). The quantitative estimate of drug-likeness (QED) is 0.601. The fourth-order valence-electron chi connectivity index (χ4n) is 1.74. The number of aromatic nitrogens is 2. The number of hydrogen-bond donors (Lipinski definition) is 4. The smallest absolute Gasteiger partial charge is 0.328 e. The molecule has 0 bridgehead atoms. The zero-order valence-corrected chi connectivity index (χ0v) is 10.5. The van der Waals surface area contributed by atoms with Crippen LogP contribution in [0.5, 0.6) is 11.6 Å². The molecule has 2 aromatic rings. The van der Waals surface area contributed by atoms with E-state index in [2.05, 4.69) is 9.97 Å². The van der Waals surface area contributed by atoms with Gasteiger partial charge in [0.15, 0.2) is 0 Å². The number of rotatable bonds is 5. The van der Waals surface area contributed by atoms with Crippen LogP contribution < -0.4 is 16.0 Å². The Morgan fingerprint density at radius 2 is 1.80 bits per heavy atom. The fourth-order valence-corrected chi connectivity index (χ4v) is 1.74. The number of hydrogen-bond acceptors (Lipinski definition) is 5. The van der Waals surface area contributed by atoms with Crippen LogP contribution in [0.4, 0.5) is 0 Å². The van der Waals surface area contributed by atoms with Crippen molar-refractivity contribution in [3.8, 4) is 11.6 Å². The van der Waals surface area contributed by atoms with Gasteiger partial charge in [0.05, 0.1) is 12.2 Å². The summed E-state index contributed by atoms with van der Waals surface area (Å²) in [6, 6.07) is 6.86. The van der Waals surface area contributed by atoms with Crippen LogP contribution in [0, 0.1) is 0 Å². The van der Waals surface area contributed by atoms with E-state index >= 15 is 0 Å². The van der Waals surface area contributed by atoms with E-state index in [1.54, 1.807) is 24.3 Å². The molecule has 106 valence electrons. The van der Waals surface area contributed by atoms with Crippen molar-refractivity contribution in [1.29, 1.82) is 0 Å². The predicted octanol–water partition coefficient (Wildman–Crippen LogP) is -0.269. The number of aromatic hydroxyl groups is 1. The zero-order valence-electron chi connectivity index (χ0n) is 10.5. The highest BCUT2D eigenvalue weighted by molar-refractivity contribution is 5.33. The summed E-state index contributed by atoms with van der Waals surface area (Å²) < 4.78 is 5.21. The first-order valence-electron chi connectivity index (χ1n) is 5.97. The molecule has 2 rings (SSSR count). The Bertz CT molecular complexity index is 687. The van der Waals surface area contributed by atoms with E-state index in [1.165, 1.54) is 0 Å². The van der Waals surface area contributed by atoms with Gasteiger partial charge in [0.1, 0.15) is 12.4 Å². The minimum atomic E-state index is -0.746. The molecule has 7 nitrogen and oxygen atoms in total. The van der Waals surface area contributed by atoms with Crippen LogP contribution in [0.3, 0.4) is 0 Å². The third-order valence-electron chi connectivity index (χ3n) is 2.68. The largest absolute Gasteiger partial charge is 0.494 e. The Balaban J connectivity index is 2.18. The average Bonchev–Trinajstić information content (AvgIpc) is 2.42. The molecule has 0 spiro atoms. The number of H-pyrrole nitrogens is 2. The predicted molar refractivity (Wildman–Crippen MR) is 71.2 cm³/mol. The van der Waals surface area contributed by atoms with E-state index in [4.69, 9.17) is 9.84 Å². The van der Waals surface area contributed by atoms with Crippen molar-refractivity contribution in [3.63, 3.8) is 0 Å². The zero-order chi connectivity index (χ0) is 14.5. The monoisotopic (exact) mass is 278 g/mol. The third-order valence-corrected chi connectivity index (χ3v) is 2.68. The number of ether oxygens (including phenoxy) is 1.